The van der Waals surface area contributed by atoms with Crippen LogP contribution in [0.3, 0.4) is 0 Å². The van der Waals surface area contributed by atoms with E-state index >= 15 is 0 Å². The van der Waals surface area contributed by atoms with Crippen molar-refractivity contribution in [1.82, 2.24) is 10.1 Å². The quantitative estimate of drug-likeness (QED) is 0.682. The molecule has 0 N–H and O–H groups in total. The Morgan fingerprint density at radius 1 is 1.19 bits per heavy atom. The van der Waals surface area contributed by atoms with Crippen LogP contribution in [0.4, 0.5) is 5.69 Å². The van der Waals surface area contributed by atoms with Crippen LogP contribution in [-0.4, -0.2) is 22.6 Å². The summed E-state index contributed by atoms with van der Waals surface area (Å²) >= 11 is 6.19. The molecule has 4 rings (SSSR count). The number of nitrogens with zero attached hydrogens (tertiary/aromatic N) is 3. The molecule has 26 heavy (non-hydrogen) atoms. The number of hydrogen-bond donors (Lipinski definition) is 0. The molecule has 2 heterocycles. The minimum absolute atomic E-state index is 0.0664. The van der Waals surface area contributed by atoms with Gasteiger partial charge in [-0.1, -0.05) is 47.9 Å². The summed E-state index contributed by atoms with van der Waals surface area (Å²) in [5.74, 6) is 0.874. The van der Waals surface area contributed by atoms with Gasteiger partial charge in [0.05, 0.1) is 10.9 Å². The number of anilines is 1. The van der Waals surface area contributed by atoms with E-state index in [1.165, 1.54) is 5.56 Å². The number of hydrogen-bond acceptors (Lipinski definition) is 4. The number of carbonyl (C=O) groups excluding carboxylic acids is 1. The first-order valence-corrected chi connectivity index (χ1v) is 9.01. The Labute approximate surface area is 156 Å². The predicted octanol–water partition coefficient (Wildman–Crippen LogP) is 4.47. The zero-order valence-electron chi connectivity index (χ0n) is 14.4. The molecule has 2 aromatic carbocycles. The Morgan fingerprint density at radius 3 is 2.69 bits per heavy atom. The van der Waals surface area contributed by atoms with E-state index in [1.807, 2.05) is 30.3 Å². The van der Waals surface area contributed by atoms with Gasteiger partial charge in [0.1, 0.15) is 0 Å². The Balaban J connectivity index is 1.55. The van der Waals surface area contributed by atoms with Gasteiger partial charge in [0.15, 0.2) is 0 Å². The van der Waals surface area contributed by atoms with Gasteiger partial charge in [0.2, 0.25) is 17.6 Å². The summed E-state index contributed by atoms with van der Waals surface area (Å²) in [5, 5.41) is 4.61. The topological polar surface area (TPSA) is 59.2 Å². The number of rotatable bonds is 4. The van der Waals surface area contributed by atoms with Crippen LogP contribution in [0, 0.1) is 0 Å². The van der Waals surface area contributed by atoms with E-state index in [-0.39, 0.29) is 11.8 Å². The lowest BCUT2D eigenvalue weighted by molar-refractivity contribution is -0.117. The molecular formula is C20H18ClN3O2. The molecule has 0 bridgehead atoms. The van der Waals surface area contributed by atoms with Gasteiger partial charge in [-0.3, -0.25) is 4.79 Å². The van der Waals surface area contributed by atoms with Gasteiger partial charge in [-0.15, -0.1) is 0 Å². The largest absolute Gasteiger partial charge is 0.339 e. The standard InChI is InChI=1S/C20H18ClN3O2/c1-2-13-7-9-15(10-8-13)24-12-14(11-18(24)25)20-22-19(23-26-20)16-5-3-4-6-17(16)21/h3-10,14H,2,11-12H2,1H3/t14-/m1/s1. The molecule has 1 atom stereocenters. The molecule has 1 aromatic heterocycles. The summed E-state index contributed by atoms with van der Waals surface area (Å²) in [7, 11) is 0. The molecule has 1 aliphatic heterocycles. The molecule has 5 nitrogen and oxygen atoms in total. The van der Waals surface area contributed by atoms with Gasteiger partial charge in [-0.2, -0.15) is 4.98 Å². The highest BCUT2D eigenvalue weighted by atomic mass is 35.5. The van der Waals surface area contributed by atoms with E-state index in [0.29, 0.717) is 29.7 Å². The third-order valence-corrected chi connectivity index (χ3v) is 5.02. The molecule has 0 saturated carbocycles. The third-order valence-electron chi connectivity index (χ3n) is 4.69. The number of halogens is 1. The summed E-state index contributed by atoms with van der Waals surface area (Å²) in [6, 6.07) is 15.4. The van der Waals surface area contributed by atoms with E-state index in [0.717, 1.165) is 17.7 Å². The lowest BCUT2D eigenvalue weighted by atomic mass is 10.1. The molecule has 1 saturated heterocycles. The fraction of sp³-hybridized carbons (Fsp3) is 0.250. The Hall–Kier alpha value is -2.66. The Kier molecular flexibility index (Phi) is 4.47. The summed E-state index contributed by atoms with van der Waals surface area (Å²) in [6.07, 6.45) is 1.34. The van der Waals surface area contributed by atoms with Crippen LogP contribution in [0.25, 0.3) is 11.4 Å². The molecule has 0 aliphatic carbocycles. The van der Waals surface area contributed by atoms with Crippen LogP contribution >= 0.6 is 11.6 Å². The summed E-state index contributed by atoms with van der Waals surface area (Å²) in [4.78, 5) is 18.7. The van der Waals surface area contributed by atoms with Crippen molar-refractivity contribution in [3.63, 3.8) is 0 Å². The van der Waals surface area contributed by atoms with E-state index < -0.39 is 0 Å². The van der Waals surface area contributed by atoms with E-state index in [9.17, 15) is 4.79 Å². The first-order chi connectivity index (χ1) is 12.7. The zero-order chi connectivity index (χ0) is 18.1. The second-order valence-corrected chi connectivity index (χ2v) is 6.77. The number of aromatic nitrogens is 2. The molecule has 1 amide bonds. The van der Waals surface area contributed by atoms with Crippen molar-refractivity contribution in [1.29, 1.82) is 0 Å². The molecule has 0 radical (unpaired) electrons. The van der Waals surface area contributed by atoms with Crippen LogP contribution in [0.5, 0.6) is 0 Å². The highest BCUT2D eigenvalue weighted by molar-refractivity contribution is 6.33. The number of amides is 1. The summed E-state index contributed by atoms with van der Waals surface area (Å²) in [6.45, 7) is 2.65. The van der Waals surface area contributed by atoms with Gasteiger partial charge in [-0.25, -0.2) is 0 Å². The van der Waals surface area contributed by atoms with Gasteiger partial charge < -0.3 is 9.42 Å². The molecule has 1 fully saturated rings. The smallest absolute Gasteiger partial charge is 0.232 e. The van der Waals surface area contributed by atoms with Crippen LogP contribution in [-0.2, 0) is 11.2 Å². The molecule has 0 spiro atoms. The van der Waals surface area contributed by atoms with Crippen molar-refractivity contribution in [3.8, 4) is 11.4 Å². The Morgan fingerprint density at radius 2 is 1.96 bits per heavy atom. The number of carbonyl (C=O) groups is 1. The van der Waals surface area contributed by atoms with Crippen LogP contribution in [0.2, 0.25) is 5.02 Å². The van der Waals surface area contributed by atoms with Crippen LogP contribution in [0.1, 0.15) is 30.7 Å². The van der Waals surface area contributed by atoms with Gasteiger partial charge >= 0.3 is 0 Å². The van der Waals surface area contributed by atoms with Gasteiger partial charge in [0.25, 0.3) is 0 Å². The maximum Gasteiger partial charge on any atom is 0.232 e. The average molecular weight is 368 g/mol. The molecule has 6 heteroatoms. The van der Waals surface area contributed by atoms with Crippen molar-refractivity contribution in [3.05, 3.63) is 65.0 Å². The maximum atomic E-state index is 12.5. The van der Waals surface area contributed by atoms with Gasteiger partial charge in [0, 0.05) is 24.2 Å². The van der Waals surface area contributed by atoms with Crippen molar-refractivity contribution in [2.75, 3.05) is 11.4 Å². The lowest BCUT2D eigenvalue weighted by Crippen LogP contribution is -2.24. The lowest BCUT2D eigenvalue weighted by Gasteiger charge is -2.16. The van der Waals surface area contributed by atoms with Crippen molar-refractivity contribution in [2.24, 2.45) is 0 Å². The number of aryl methyl sites for hydroxylation is 1. The Bertz CT molecular complexity index is 936. The fourth-order valence-electron chi connectivity index (χ4n) is 3.19. The summed E-state index contributed by atoms with van der Waals surface area (Å²) < 4.78 is 5.43. The SMILES string of the molecule is CCc1ccc(N2C[C@H](c3nc(-c4ccccc4Cl)no3)CC2=O)cc1. The molecule has 132 valence electrons. The van der Waals surface area contributed by atoms with E-state index in [2.05, 4.69) is 29.2 Å². The molecule has 3 aromatic rings. The molecule has 0 unspecified atom stereocenters. The average Bonchev–Trinajstić information content (AvgIpc) is 3.29. The zero-order valence-corrected chi connectivity index (χ0v) is 15.1. The summed E-state index contributed by atoms with van der Waals surface area (Å²) in [5.41, 5.74) is 2.87. The normalized spacial score (nSPS) is 17.1. The fourth-order valence-corrected chi connectivity index (χ4v) is 3.41. The first-order valence-electron chi connectivity index (χ1n) is 8.63. The minimum Gasteiger partial charge on any atom is -0.339 e. The van der Waals surface area contributed by atoms with Crippen molar-refractivity contribution >= 4 is 23.2 Å². The van der Waals surface area contributed by atoms with Crippen LogP contribution in [0.15, 0.2) is 53.1 Å². The van der Waals surface area contributed by atoms with Crippen molar-refractivity contribution in [2.45, 2.75) is 25.7 Å². The van der Waals surface area contributed by atoms with E-state index in [4.69, 9.17) is 16.1 Å². The highest BCUT2D eigenvalue weighted by Gasteiger charge is 2.35. The second-order valence-electron chi connectivity index (χ2n) is 6.36. The molecule has 1 aliphatic rings. The van der Waals surface area contributed by atoms with Crippen LogP contribution < -0.4 is 4.90 Å². The first kappa shape index (κ1) is 16.8. The third kappa shape index (κ3) is 3.10. The van der Waals surface area contributed by atoms with Crippen molar-refractivity contribution < 1.29 is 9.32 Å². The predicted molar refractivity (Wildman–Crippen MR) is 100 cm³/mol. The number of benzene rings is 2. The van der Waals surface area contributed by atoms with Gasteiger partial charge in [-0.05, 0) is 36.2 Å². The second kappa shape index (κ2) is 6.92. The minimum atomic E-state index is -0.114. The highest BCUT2D eigenvalue weighted by Crippen LogP contribution is 2.33. The maximum absolute atomic E-state index is 12.5. The molecular weight excluding hydrogens is 350 g/mol. The monoisotopic (exact) mass is 367 g/mol. The van der Waals surface area contributed by atoms with E-state index in [1.54, 1.807) is 11.0 Å².